The van der Waals surface area contributed by atoms with Gasteiger partial charge in [-0.25, -0.2) is 0 Å². The molecule has 0 fully saturated rings. The van der Waals surface area contributed by atoms with Crippen LogP contribution in [0, 0.1) is 16.0 Å². The maximum Gasteiger partial charge on any atom is 0.418 e. The molecule has 0 saturated carbocycles. The molecule has 1 aromatic rings. The highest BCUT2D eigenvalue weighted by atomic mass is 19.4. The summed E-state index contributed by atoms with van der Waals surface area (Å²) in [6.45, 7) is 4.04. The molecule has 3 N–H and O–H groups in total. The molecular formula is C13H18F3N3O2. The van der Waals surface area contributed by atoms with E-state index in [1.165, 1.54) is 0 Å². The van der Waals surface area contributed by atoms with Crippen molar-refractivity contribution in [2.75, 3.05) is 11.9 Å². The first kappa shape index (κ1) is 17.2. The van der Waals surface area contributed by atoms with E-state index in [1.54, 1.807) is 0 Å². The molecule has 0 spiro atoms. The first-order valence-corrected chi connectivity index (χ1v) is 6.47. The van der Waals surface area contributed by atoms with Crippen LogP contribution in [0.3, 0.4) is 0 Å². The Bertz CT molecular complexity index is 504. The number of hydrogen-bond donors (Lipinski definition) is 2. The average molecular weight is 305 g/mol. The van der Waals surface area contributed by atoms with Gasteiger partial charge in [0.15, 0.2) is 0 Å². The SMILES string of the molecule is CC(C)CC(CN)Nc1ccc([N+](=O)[O-])cc1C(F)(F)F. The quantitative estimate of drug-likeness (QED) is 0.623. The number of nitrogens with two attached hydrogens (primary N) is 1. The van der Waals surface area contributed by atoms with Gasteiger partial charge in [0, 0.05) is 30.4 Å². The summed E-state index contributed by atoms with van der Waals surface area (Å²) in [4.78, 5) is 9.76. The molecule has 1 unspecified atom stereocenters. The van der Waals surface area contributed by atoms with Gasteiger partial charge < -0.3 is 11.1 Å². The minimum Gasteiger partial charge on any atom is -0.381 e. The summed E-state index contributed by atoms with van der Waals surface area (Å²) < 4.78 is 39.0. The fourth-order valence-electron chi connectivity index (χ4n) is 2.01. The number of nitro benzene ring substituents is 1. The molecule has 0 heterocycles. The number of alkyl halides is 3. The summed E-state index contributed by atoms with van der Waals surface area (Å²) in [5, 5.41) is 13.3. The molecule has 0 aliphatic carbocycles. The lowest BCUT2D eigenvalue weighted by atomic mass is 10.0. The van der Waals surface area contributed by atoms with Crippen LogP contribution in [-0.4, -0.2) is 17.5 Å². The third kappa shape index (κ3) is 4.89. The van der Waals surface area contributed by atoms with E-state index in [0.717, 1.165) is 12.1 Å². The van der Waals surface area contributed by atoms with Crippen LogP contribution in [0.4, 0.5) is 24.5 Å². The predicted molar refractivity (Wildman–Crippen MR) is 74.0 cm³/mol. The van der Waals surface area contributed by atoms with E-state index in [1.807, 2.05) is 13.8 Å². The zero-order chi connectivity index (χ0) is 16.2. The molecular weight excluding hydrogens is 287 g/mol. The topological polar surface area (TPSA) is 81.2 Å². The molecule has 0 aliphatic rings. The molecule has 0 radical (unpaired) electrons. The van der Waals surface area contributed by atoms with E-state index >= 15 is 0 Å². The third-order valence-electron chi connectivity index (χ3n) is 2.92. The average Bonchev–Trinajstić information content (AvgIpc) is 2.36. The normalized spacial score (nSPS) is 13.3. The maximum absolute atomic E-state index is 13.0. The van der Waals surface area contributed by atoms with Crippen LogP contribution in [0.25, 0.3) is 0 Å². The van der Waals surface area contributed by atoms with Crippen LogP contribution in [0.5, 0.6) is 0 Å². The Labute approximate surface area is 120 Å². The van der Waals surface area contributed by atoms with Gasteiger partial charge in [0.25, 0.3) is 5.69 Å². The minimum absolute atomic E-state index is 0.173. The molecule has 118 valence electrons. The van der Waals surface area contributed by atoms with Crippen LogP contribution in [-0.2, 0) is 6.18 Å². The van der Waals surface area contributed by atoms with E-state index in [0.29, 0.717) is 12.5 Å². The zero-order valence-corrected chi connectivity index (χ0v) is 11.8. The summed E-state index contributed by atoms with van der Waals surface area (Å²) in [7, 11) is 0. The van der Waals surface area contributed by atoms with Crippen LogP contribution in [0.15, 0.2) is 18.2 Å². The Balaban J connectivity index is 3.13. The van der Waals surface area contributed by atoms with Crippen LogP contribution < -0.4 is 11.1 Å². The molecule has 0 bridgehead atoms. The van der Waals surface area contributed by atoms with E-state index < -0.39 is 22.4 Å². The number of nitro groups is 1. The summed E-state index contributed by atoms with van der Waals surface area (Å²) >= 11 is 0. The molecule has 1 atom stereocenters. The number of anilines is 1. The minimum atomic E-state index is -4.68. The van der Waals surface area contributed by atoms with Crippen molar-refractivity contribution in [3.05, 3.63) is 33.9 Å². The molecule has 1 rings (SSSR count). The first-order chi connectivity index (χ1) is 9.65. The zero-order valence-electron chi connectivity index (χ0n) is 11.8. The van der Waals surface area contributed by atoms with Crippen LogP contribution >= 0.6 is 0 Å². The molecule has 0 aromatic heterocycles. The van der Waals surface area contributed by atoms with Gasteiger partial charge in [-0.05, 0) is 18.4 Å². The second-order valence-corrected chi connectivity index (χ2v) is 5.19. The van der Waals surface area contributed by atoms with Crippen molar-refractivity contribution < 1.29 is 18.1 Å². The second kappa shape index (κ2) is 6.75. The van der Waals surface area contributed by atoms with Gasteiger partial charge in [-0.3, -0.25) is 10.1 Å². The fourth-order valence-corrected chi connectivity index (χ4v) is 2.01. The number of hydrogen-bond acceptors (Lipinski definition) is 4. The molecule has 21 heavy (non-hydrogen) atoms. The lowest BCUT2D eigenvalue weighted by molar-refractivity contribution is -0.385. The number of nitrogens with one attached hydrogen (secondary N) is 1. The van der Waals surface area contributed by atoms with Gasteiger partial charge in [0.05, 0.1) is 10.5 Å². The van der Waals surface area contributed by atoms with Crippen molar-refractivity contribution >= 4 is 11.4 Å². The Morgan fingerprint density at radius 3 is 2.43 bits per heavy atom. The van der Waals surface area contributed by atoms with Crippen LogP contribution in [0.1, 0.15) is 25.8 Å². The van der Waals surface area contributed by atoms with Crippen molar-refractivity contribution in [3.63, 3.8) is 0 Å². The first-order valence-electron chi connectivity index (χ1n) is 6.47. The summed E-state index contributed by atoms with van der Waals surface area (Å²) in [5.74, 6) is 0.262. The van der Waals surface area contributed by atoms with Gasteiger partial charge in [0.2, 0.25) is 0 Å². The predicted octanol–water partition coefficient (Wildman–Crippen LogP) is 3.40. The Morgan fingerprint density at radius 2 is 2.00 bits per heavy atom. The van der Waals surface area contributed by atoms with Crippen molar-refractivity contribution in [3.8, 4) is 0 Å². The molecule has 1 aromatic carbocycles. The van der Waals surface area contributed by atoms with Crippen LogP contribution in [0.2, 0.25) is 0 Å². The highest BCUT2D eigenvalue weighted by Crippen LogP contribution is 2.37. The Kier molecular flexibility index (Phi) is 5.54. The monoisotopic (exact) mass is 305 g/mol. The molecule has 0 amide bonds. The van der Waals surface area contributed by atoms with Gasteiger partial charge in [0.1, 0.15) is 0 Å². The number of benzene rings is 1. The van der Waals surface area contributed by atoms with Crippen molar-refractivity contribution in [1.82, 2.24) is 0 Å². The third-order valence-corrected chi connectivity index (χ3v) is 2.92. The Morgan fingerprint density at radius 1 is 1.38 bits per heavy atom. The van der Waals surface area contributed by atoms with E-state index in [9.17, 15) is 23.3 Å². The second-order valence-electron chi connectivity index (χ2n) is 5.19. The smallest absolute Gasteiger partial charge is 0.381 e. The Hall–Kier alpha value is -1.83. The highest BCUT2D eigenvalue weighted by Gasteiger charge is 2.35. The number of non-ortho nitro benzene ring substituents is 1. The summed E-state index contributed by atoms with van der Waals surface area (Å²) in [6, 6.07) is 2.32. The molecule has 5 nitrogen and oxygen atoms in total. The lowest BCUT2D eigenvalue weighted by Crippen LogP contribution is -2.31. The largest absolute Gasteiger partial charge is 0.418 e. The maximum atomic E-state index is 13.0. The van der Waals surface area contributed by atoms with Gasteiger partial charge in [-0.1, -0.05) is 13.8 Å². The van der Waals surface area contributed by atoms with Crippen molar-refractivity contribution in [2.45, 2.75) is 32.5 Å². The summed E-state index contributed by atoms with van der Waals surface area (Å²) in [6.07, 6.45) is -4.07. The standard InChI is InChI=1S/C13H18F3N3O2/c1-8(2)5-9(7-17)18-12-4-3-10(19(20)21)6-11(12)13(14,15)16/h3-4,6,8-9,18H,5,7,17H2,1-2H3. The van der Waals surface area contributed by atoms with E-state index in [4.69, 9.17) is 5.73 Å². The lowest BCUT2D eigenvalue weighted by Gasteiger charge is -2.22. The number of rotatable bonds is 6. The molecule has 8 heteroatoms. The number of nitrogens with zero attached hydrogens (tertiary/aromatic N) is 1. The molecule has 0 aliphatic heterocycles. The molecule has 0 saturated heterocycles. The fraction of sp³-hybridized carbons (Fsp3) is 0.538. The summed E-state index contributed by atoms with van der Waals surface area (Å²) in [5.41, 5.74) is 3.71. The van der Waals surface area contributed by atoms with Gasteiger partial charge >= 0.3 is 6.18 Å². The van der Waals surface area contributed by atoms with E-state index in [-0.39, 0.29) is 24.2 Å². The van der Waals surface area contributed by atoms with Crippen molar-refractivity contribution in [1.29, 1.82) is 0 Å². The number of halogens is 3. The van der Waals surface area contributed by atoms with Crippen molar-refractivity contribution in [2.24, 2.45) is 11.7 Å². The van der Waals surface area contributed by atoms with Gasteiger partial charge in [-0.15, -0.1) is 0 Å². The van der Waals surface area contributed by atoms with Gasteiger partial charge in [-0.2, -0.15) is 13.2 Å². The highest BCUT2D eigenvalue weighted by molar-refractivity contribution is 5.58. The van der Waals surface area contributed by atoms with E-state index in [2.05, 4.69) is 5.32 Å².